The van der Waals surface area contributed by atoms with Crippen molar-refractivity contribution in [2.24, 2.45) is 0 Å². The second-order valence-corrected chi connectivity index (χ2v) is 7.91. The molecular weight excluding hydrogens is 392 g/mol. The molecule has 1 N–H and O–H groups in total. The van der Waals surface area contributed by atoms with Crippen molar-refractivity contribution in [1.82, 2.24) is 19.9 Å². The third kappa shape index (κ3) is 5.18. The molecule has 1 aliphatic heterocycles. The molecule has 1 aliphatic rings. The number of aromatic amines is 1. The Morgan fingerprint density at radius 3 is 2.90 bits per heavy atom. The number of nitrogens with one attached hydrogen (secondary N) is 1. The van der Waals surface area contributed by atoms with Crippen molar-refractivity contribution in [1.29, 1.82) is 0 Å². The van der Waals surface area contributed by atoms with Gasteiger partial charge in [-0.2, -0.15) is 0 Å². The van der Waals surface area contributed by atoms with E-state index in [1.54, 1.807) is 32.7 Å². The van der Waals surface area contributed by atoms with Gasteiger partial charge in [-0.05, 0) is 49.2 Å². The largest absolute Gasteiger partial charge is 0.496 e. The topological polar surface area (TPSA) is 80.3 Å². The van der Waals surface area contributed by atoms with Crippen molar-refractivity contribution in [3.05, 3.63) is 76.0 Å². The van der Waals surface area contributed by atoms with Crippen LogP contribution in [0.4, 0.5) is 0 Å². The maximum Gasteiger partial charge on any atom is 0.251 e. The normalized spacial score (nSPS) is 16.9. The molecule has 3 aromatic rings. The summed E-state index contributed by atoms with van der Waals surface area (Å²) < 4.78 is 10.9. The molecule has 3 heterocycles. The van der Waals surface area contributed by atoms with Gasteiger partial charge in [0.1, 0.15) is 11.6 Å². The predicted octanol–water partition coefficient (Wildman–Crippen LogP) is 3.37. The average molecular weight is 421 g/mol. The smallest absolute Gasteiger partial charge is 0.251 e. The van der Waals surface area contributed by atoms with Crippen molar-refractivity contribution in [2.45, 2.75) is 31.9 Å². The van der Waals surface area contributed by atoms with Crippen LogP contribution in [0.1, 0.15) is 35.6 Å². The number of ether oxygens (including phenoxy) is 2. The minimum absolute atomic E-state index is 0.130. The van der Waals surface area contributed by atoms with Gasteiger partial charge in [0.05, 0.1) is 19.4 Å². The first kappa shape index (κ1) is 21.2. The molecular formula is C24H28N4O3. The summed E-state index contributed by atoms with van der Waals surface area (Å²) in [7, 11) is 3.40. The summed E-state index contributed by atoms with van der Waals surface area (Å²) in [5, 5.41) is 0. The molecule has 0 unspecified atom stereocenters. The van der Waals surface area contributed by atoms with Gasteiger partial charge in [0.2, 0.25) is 0 Å². The van der Waals surface area contributed by atoms with Gasteiger partial charge >= 0.3 is 0 Å². The highest BCUT2D eigenvalue weighted by Crippen LogP contribution is 2.29. The number of hydrogen-bond acceptors (Lipinski definition) is 6. The zero-order valence-electron chi connectivity index (χ0n) is 18.0. The second-order valence-electron chi connectivity index (χ2n) is 7.91. The van der Waals surface area contributed by atoms with Gasteiger partial charge < -0.3 is 14.5 Å². The van der Waals surface area contributed by atoms with E-state index in [0.29, 0.717) is 12.4 Å². The monoisotopic (exact) mass is 420 g/mol. The summed E-state index contributed by atoms with van der Waals surface area (Å²) in [5.41, 5.74) is 3.80. The van der Waals surface area contributed by atoms with Gasteiger partial charge in [0, 0.05) is 55.7 Å². The molecule has 2 aromatic heterocycles. The van der Waals surface area contributed by atoms with Gasteiger partial charge in [0.25, 0.3) is 5.56 Å². The Bertz CT molecular complexity index is 1070. The quantitative estimate of drug-likeness (QED) is 0.631. The zero-order valence-corrected chi connectivity index (χ0v) is 18.0. The van der Waals surface area contributed by atoms with Crippen LogP contribution in [0.15, 0.2) is 53.6 Å². The first-order valence-electron chi connectivity index (χ1n) is 10.5. The third-order valence-corrected chi connectivity index (χ3v) is 5.67. The van der Waals surface area contributed by atoms with Crippen molar-refractivity contribution in [3.63, 3.8) is 0 Å². The van der Waals surface area contributed by atoms with Gasteiger partial charge in [0.15, 0.2) is 0 Å². The number of piperidine rings is 1. The van der Waals surface area contributed by atoms with Crippen LogP contribution in [0, 0.1) is 0 Å². The van der Waals surface area contributed by atoms with Crippen molar-refractivity contribution < 1.29 is 9.47 Å². The SMILES string of the molecule is COCc1ccc(OC)c(CN2CCC[C@@H](c3cc(=O)[nH]c(-c4cccnc4)n3)C2)c1. The molecule has 31 heavy (non-hydrogen) atoms. The standard InChI is InChI=1S/C24H28N4O3/c1-30-16-17-7-8-22(31-2)20(11-17)15-28-10-4-6-19(14-28)21-12-23(29)27-24(26-21)18-5-3-9-25-13-18/h3,5,7-9,11-13,19H,4,6,10,14-16H2,1-2H3,(H,26,27,29)/t19-/m1/s1. The Kier molecular flexibility index (Phi) is 6.74. The van der Waals surface area contributed by atoms with Gasteiger partial charge in [-0.3, -0.25) is 14.7 Å². The fourth-order valence-corrected chi connectivity index (χ4v) is 4.22. The maximum atomic E-state index is 12.3. The van der Waals surface area contributed by atoms with Crippen LogP contribution in [-0.2, 0) is 17.9 Å². The lowest BCUT2D eigenvalue weighted by atomic mass is 9.94. The molecule has 4 rings (SSSR count). The summed E-state index contributed by atoms with van der Waals surface area (Å²) in [6, 6.07) is 11.6. The van der Waals surface area contributed by atoms with Crippen LogP contribution >= 0.6 is 0 Å². The average Bonchev–Trinajstić information content (AvgIpc) is 2.80. The van der Waals surface area contributed by atoms with Gasteiger partial charge in [-0.25, -0.2) is 4.98 Å². The highest BCUT2D eigenvalue weighted by Gasteiger charge is 2.24. The number of aromatic nitrogens is 3. The molecule has 0 radical (unpaired) electrons. The van der Waals surface area contributed by atoms with Crippen LogP contribution in [0.5, 0.6) is 5.75 Å². The molecule has 0 saturated carbocycles. The van der Waals surface area contributed by atoms with E-state index in [2.05, 4.69) is 20.9 Å². The molecule has 0 aliphatic carbocycles. The maximum absolute atomic E-state index is 12.3. The summed E-state index contributed by atoms with van der Waals surface area (Å²) in [6.45, 7) is 3.22. The van der Waals surface area contributed by atoms with E-state index >= 15 is 0 Å². The fraction of sp³-hybridized carbons (Fsp3) is 0.375. The Balaban J connectivity index is 1.54. The second kappa shape index (κ2) is 9.85. The van der Waals surface area contributed by atoms with E-state index in [9.17, 15) is 4.79 Å². The van der Waals surface area contributed by atoms with Crippen molar-refractivity contribution in [3.8, 4) is 17.1 Å². The highest BCUT2D eigenvalue weighted by atomic mass is 16.5. The molecule has 162 valence electrons. The molecule has 7 heteroatoms. The Hall–Kier alpha value is -3.03. The molecule has 1 fully saturated rings. The van der Waals surface area contributed by atoms with Crippen LogP contribution in [0.25, 0.3) is 11.4 Å². The Morgan fingerprint density at radius 1 is 1.23 bits per heavy atom. The predicted molar refractivity (Wildman–Crippen MR) is 119 cm³/mol. The lowest BCUT2D eigenvalue weighted by molar-refractivity contribution is 0.183. The van der Waals surface area contributed by atoms with E-state index < -0.39 is 0 Å². The van der Waals surface area contributed by atoms with Gasteiger partial charge in [-0.1, -0.05) is 6.07 Å². The molecule has 7 nitrogen and oxygen atoms in total. The van der Waals surface area contributed by atoms with Crippen molar-refractivity contribution >= 4 is 0 Å². The highest BCUT2D eigenvalue weighted by molar-refractivity contribution is 5.52. The molecule has 0 amide bonds. The zero-order chi connectivity index (χ0) is 21.6. The van der Waals surface area contributed by atoms with Gasteiger partial charge in [-0.15, -0.1) is 0 Å². The minimum Gasteiger partial charge on any atom is -0.496 e. The minimum atomic E-state index is -0.130. The third-order valence-electron chi connectivity index (χ3n) is 5.67. The first-order valence-corrected chi connectivity index (χ1v) is 10.5. The van der Waals surface area contributed by atoms with E-state index in [1.165, 1.54) is 0 Å². The van der Waals surface area contributed by atoms with Crippen LogP contribution < -0.4 is 10.3 Å². The summed E-state index contributed by atoms with van der Waals surface area (Å²) in [5.74, 6) is 1.66. The van der Waals surface area contributed by atoms with E-state index in [1.807, 2.05) is 24.3 Å². The fourth-order valence-electron chi connectivity index (χ4n) is 4.22. The van der Waals surface area contributed by atoms with Crippen molar-refractivity contribution in [2.75, 3.05) is 27.3 Å². The Labute approximate surface area is 182 Å². The van der Waals surface area contributed by atoms with Crippen LogP contribution in [-0.4, -0.2) is 47.2 Å². The number of benzene rings is 1. The lowest BCUT2D eigenvalue weighted by Gasteiger charge is -2.33. The number of methoxy groups -OCH3 is 2. The first-order chi connectivity index (χ1) is 15.2. The number of likely N-dealkylation sites (tertiary alicyclic amines) is 1. The van der Waals surface area contributed by atoms with E-state index in [0.717, 1.165) is 60.6 Å². The molecule has 0 spiro atoms. The molecule has 1 atom stereocenters. The lowest BCUT2D eigenvalue weighted by Crippen LogP contribution is -2.34. The number of hydrogen-bond donors (Lipinski definition) is 1. The van der Waals surface area contributed by atoms with Crippen LogP contribution in [0.3, 0.4) is 0 Å². The number of nitrogens with zero attached hydrogens (tertiary/aromatic N) is 3. The van der Waals surface area contributed by atoms with Crippen LogP contribution in [0.2, 0.25) is 0 Å². The Morgan fingerprint density at radius 2 is 2.13 bits per heavy atom. The number of pyridine rings is 1. The summed E-state index contributed by atoms with van der Waals surface area (Å²) >= 11 is 0. The number of H-pyrrole nitrogens is 1. The molecule has 1 saturated heterocycles. The molecule has 1 aromatic carbocycles. The summed E-state index contributed by atoms with van der Waals surface area (Å²) in [6.07, 6.45) is 5.50. The van der Waals surface area contributed by atoms with E-state index in [-0.39, 0.29) is 11.5 Å². The van der Waals surface area contributed by atoms with E-state index in [4.69, 9.17) is 14.5 Å². The number of rotatable bonds is 7. The molecule has 0 bridgehead atoms. The summed E-state index contributed by atoms with van der Waals surface area (Å²) in [4.78, 5) is 26.5.